The first-order chi connectivity index (χ1) is 19.5. The highest BCUT2D eigenvalue weighted by Gasteiger charge is 2.35. The van der Waals surface area contributed by atoms with Gasteiger partial charge in [0.25, 0.3) is 11.8 Å². The highest BCUT2D eigenvalue weighted by atomic mass is 32.1. The third-order valence-corrected chi connectivity index (χ3v) is 6.89. The van der Waals surface area contributed by atoms with Crippen molar-refractivity contribution in [2.75, 3.05) is 5.32 Å². The van der Waals surface area contributed by atoms with E-state index in [9.17, 15) is 32.9 Å². The molecule has 0 aliphatic carbocycles. The van der Waals surface area contributed by atoms with E-state index < -0.39 is 28.6 Å². The Morgan fingerprint density at radius 1 is 1.10 bits per heavy atom. The number of pyridine rings is 1. The van der Waals surface area contributed by atoms with E-state index in [2.05, 4.69) is 15.4 Å². The van der Waals surface area contributed by atoms with Crippen molar-refractivity contribution >= 4 is 44.7 Å². The zero-order chi connectivity index (χ0) is 29.3. The van der Waals surface area contributed by atoms with Crippen LogP contribution in [-0.4, -0.2) is 31.5 Å². The molecular formula is C26H17F3N6O5S. The standard InChI is InChI=1S/C26H17F3N6O5S/c27-26(28,29)19-12-15(14-6-2-1-3-7-14)20-21(22(23(30)36)41-25(20)31-19)32-24(37)16-10-11-34(33-16)13-40-18-9-5-4-8-17(18)35(38)39/h1-12H,13H2,(H2,30,36)(H,32,37). The van der Waals surface area contributed by atoms with E-state index in [1.807, 2.05) is 0 Å². The fourth-order valence-corrected chi connectivity index (χ4v) is 4.99. The molecule has 15 heteroatoms. The Labute approximate surface area is 232 Å². The summed E-state index contributed by atoms with van der Waals surface area (Å²) >= 11 is 0.622. The highest BCUT2D eigenvalue weighted by Crippen LogP contribution is 2.43. The lowest BCUT2D eigenvalue weighted by Crippen LogP contribution is -2.18. The number of ether oxygens (including phenoxy) is 1. The van der Waals surface area contributed by atoms with E-state index in [0.29, 0.717) is 16.9 Å². The first-order valence-corrected chi connectivity index (χ1v) is 12.5. The second-order valence-electron chi connectivity index (χ2n) is 8.46. The predicted molar refractivity (Wildman–Crippen MR) is 142 cm³/mol. The average molecular weight is 583 g/mol. The van der Waals surface area contributed by atoms with Crippen LogP contribution in [0.3, 0.4) is 0 Å². The first kappa shape index (κ1) is 27.3. The fourth-order valence-electron chi connectivity index (χ4n) is 3.98. The summed E-state index contributed by atoms with van der Waals surface area (Å²) in [6.07, 6.45) is -3.38. The summed E-state index contributed by atoms with van der Waals surface area (Å²) in [4.78, 5) is 39.4. The van der Waals surface area contributed by atoms with Gasteiger partial charge in [-0.1, -0.05) is 42.5 Å². The SMILES string of the molecule is NC(=O)c1sc2nc(C(F)(F)F)cc(-c3ccccc3)c2c1NC(=O)c1ccn(COc2ccccc2[N+](=O)[O-])n1. The number of nitrogens with one attached hydrogen (secondary N) is 1. The number of para-hydroxylation sites is 2. The van der Waals surface area contributed by atoms with Gasteiger partial charge in [0.1, 0.15) is 15.4 Å². The monoisotopic (exact) mass is 582 g/mol. The number of aromatic nitrogens is 3. The Hall–Kier alpha value is -5.31. The van der Waals surface area contributed by atoms with Crippen LogP contribution in [0.5, 0.6) is 5.75 Å². The number of alkyl halides is 3. The normalized spacial score (nSPS) is 11.4. The van der Waals surface area contributed by atoms with Gasteiger partial charge >= 0.3 is 11.9 Å². The Morgan fingerprint density at radius 3 is 2.49 bits per heavy atom. The molecule has 0 spiro atoms. The van der Waals surface area contributed by atoms with Gasteiger partial charge in [-0.3, -0.25) is 19.7 Å². The van der Waals surface area contributed by atoms with Gasteiger partial charge in [-0.25, -0.2) is 9.67 Å². The molecule has 41 heavy (non-hydrogen) atoms. The number of anilines is 1. The van der Waals surface area contributed by atoms with Crippen LogP contribution in [0.1, 0.15) is 25.9 Å². The first-order valence-electron chi connectivity index (χ1n) is 11.6. The molecule has 0 aliphatic rings. The minimum atomic E-state index is -4.77. The van der Waals surface area contributed by atoms with Crippen LogP contribution in [0.15, 0.2) is 72.9 Å². The van der Waals surface area contributed by atoms with Crippen LogP contribution in [0.2, 0.25) is 0 Å². The minimum Gasteiger partial charge on any atom is -0.464 e. The maximum atomic E-state index is 13.7. The van der Waals surface area contributed by atoms with Crippen molar-refractivity contribution in [2.45, 2.75) is 12.9 Å². The van der Waals surface area contributed by atoms with Crippen LogP contribution >= 0.6 is 11.3 Å². The van der Waals surface area contributed by atoms with E-state index in [-0.39, 0.29) is 50.2 Å². The van der Waals surface area contributed by atoms with Gasteiger partial charge in [0, 0.05) is 17.6 Å². The smallest absolute Gasteiger partial charge is 0.433 e. The quantitative estimate of drug-likeness (QED) is 0.181. The molecule has 0 unspecified atom stereocenters. The number of benzene rings is 2. The van der Waals surface area contributed by atoms with E-state index >= 15 is 0 Å². The number of nitrogens with two attached hydrogens (primary N) is 1. The second kappa shape index (κ2) is 10.7. The summed E-state index contributed by atoms with van der Waals surface area (Å²) < 4.78 is 47.7. The van der Waals surface area contributed by atoms with Gasteiger partial charge in [0.2, 0.25) is 0 Å². The molecule has 0 radical (unpaired) electrons. The van der Waals surface area contributed by atoms with Gasteiger partial charge in [0.15, 0.2) is 18.2 Å². The number of nitro groups is 1. The number of rotatable bonds is 8. The van der Waals surface area contributed by atoms with E-state index in [0.717, 1.165) is 6.07 Å². The maximum Gasteiger partial charge on any atom is 0.433 e. The number of hydrogen-bond donors (Lipinski definition) is 2. The molecule has 3 N–H and O–H groups in total. The lowest BCUT2D eigenvalue weighted by Gasteiger charge is -2.12. The molecule has 0 fully saturated rings. The topological polar surface area (TPSA) is 155 Å². The highest BCUT2D eigenvalue weighted by molar-refractivity contribution is 7.21. The van der Waals surface area contributed by atoms with Crippen LogP contribution in [0.25, 0.3) is 21.3 Å². The molecule has 11 nitrogen and oxygen atoms in total. The molecule has 0 saturated heterocycles. The predicted octanol–water partition coefficient (Wildman–Crippen LogP) is 5.47. The van der Waals surface area contributed by atoms with Crippen molar-refractivity contribution in [1.29, 1.82) is 0 Å². The van der Waals surface area contributed by atoms with E-state index in [1.54, 1.807) is 36.4 Å². The largest absolute Gasteiger partial charge is 0.464 e. The summed E-state index contributed by atoms with van der Waals surface area (Å²) in [7, 11) is 0. The van der Waals surface area contributed by atoms with Crippen molar-refractivity contribution in [1.82, 2.24) is 14.8 Å². The molecule has 2 amide bonds. The maximum absolute atomic E-state index is 13.7. The lowest BCUT2D eigenvalue weighted by atomic mass is 10.0. The summed E-state index contributed by atoms with van der Waals surface area (Å²) in [5.74, 6) is -1.77. The molecule has 0 bridgehead atoms. The van der Waals surface area contributed by atoms with Crippen molar-refractivity contribution in [3.05, 3.63) is 99.3 Å². The van der Waals surface area contributed by atoms with Gasteiger partial charge in [-0.15, -0.1) is 11.3 Å². The molecule has 0 saturated carbocycles. The summed E-state index contributed by atoms with van der Waals surface area (Å²) in [6.45, 7) is -0.269. The number of carbonyl (C=O) groups excluding carboxylic acids is 2. The Balaban J connectivity index is 1.49. The Morgan fingerprint density at radius 2 is 1.80 bits per heavy atom. The molecule has 5 rings (SSSR count). The third kappa shape index (κ3) is 5.56. The number of fused-ring (bicyclic) bond motifs is 1. The number of nitro benzene ring substituents is 1. The van der Waals surface area contributed by atoms with Crippen LogP contribution < -0.4 is 15.8 Å². The minimum absolute atomic E-state index is 0.00554. The molecule has 208 valence electrons. The fraction of sp³-hybridized carbons (Fsp3) is 0.0769. The van der Waals surface area contributed by atoms with Crippen molar-refractivity contribution < 1.29 is 32.4 Å². The number of hydrogen-bond acceptors (Lipinski definition) is 8. The van der Waals surface area contributed by atoms with Crippen molar-refractivity contribution in [2.24, 2.45) is 5.73 Å². The van der Waals surface area contributed by atoms with Gasteiger partial charge in [-0.05, 0) is 29.3 Å². The number of primary amides is 1. The van der Waals surface area contributed by atoms with Gasteiger partial charge in [0.05, 0.1) is 10.6 Å². The average Bonchev–Trinajstić information content (AvgIpc) is 3.57. The summed E-state index contributed by atoms with van der Waals surface area (Å²) in [6, 6.07) is 16.0. The Kier molecular flexibility index (Phi) is 7.11. The van der Waals surface area contributed by atoms with Crippen LogP contribution in [-0.2, 0) is 12.9 Å². The van der Waals surface area contributed by atoms with Crippen LogP contribution in [0.4, 0.5) is 24.5 Å². The zero-order valence-corrected chi connectivity index (χ0v) is 21.4. The lowest BCUT2D eigenvalue weighted by molar-refractivity contribution is -0.386. The molecule has 5 aromatic rings. The zero-order valence-electron chi connectivity index (χ0n) is 20.6. The summed E-state index contributed by atoms with van der Waals surface area (Å²) in [5, 5.41) is 17.9. The number of halogens is 3. The molecule has 0 atom stereocenters. The number of amides is 2. The van der Waals surface area contributed by atoms with E-state index in [1.165, 1.54) is 35.1 Å². The molecule has 0 aliphatic heterocycles. The Bertz CT molecular complexity index is 1800. The molecule has 3 heterocycles. The van der Waals surface area contributed by atoms with Gasteiger partial charge < -0.3 is 15.8 Å². The second-order valence-corrected chi connectivity index (χ2v) is 9.46. The van der Waals surface area contributed by atoms with E-state index in [4.69, 9.17) is 10.5 Å². The van der Waals surface area contributed by atoms with Crippen LogP contribution in [0, 0.1) is 10.1 Å². The molecule has 2 aromatic carbocycles. The van der Waals surface area contributed by atoms with Crippen molar-refractivity contribution in [3.63, 3.8) is 0 Å². The third-order valence-electron chi connectivity index (χ3n) is 5.79. The summed E-state index contributed by atoms with van der Waals surface area (Å²) in [5.41, 5.74) is 4.35. The van der Waals surface area contributed by atoms with Crippen molar-refractivity contribution in [3.8, 4) is 16.9 Å². The molecular weight excluding hydrogens is 565 g/mol. The van der Waals surface area contributed by atoms with Gasteiger partial charge in [-0.2, -0.15) is 18.3 Å². The number of thiophene rings is 1. The number of carbonyl (C=O) groups is 2. The number of nitrogens with zero attached hydrogens (tertiary/aromatic N) is 4. The molecule has 3 aromatic heterocycles.